The fourth-order valence-electron chi connectivity index (χ4n) is 3.07. The standard InChI is InChI=1S/C22H21N3O/c1-26-22-15-20(19-8-5-13-23-19)25-21(22)14-18-12-11-17(24-18)10-9-16-6-3-2-4-7-16/h2-8,11-15,23-24H,9-10H2,1H3/b21-14-. The molecule has 0 spiro atoms. The average Bonchev–Trinajstić information content (AvgIpc) is 3.42. The van der Waals surface area contributed by atoms with Gasteiger partial charge in [-0.2, -0.15) is 0 Å². The fraction of sp³-hybridized carbons (Fsp3) is 0.136. The average molecular weight is 343 g/mol. The largest absolute Gasteiger partial charge is 0.494 e. The molecule has 0 bridgehead atoms. The van der Waals surface area contributed by atoms with Crippen LogP contribution in [-0.4, -0.2) is 22.8 Å². The van der Waals surface area contributed by atoms with E-state index in [9.17, 15) is 0 Å². The van der Waals surface area contributed by atoms with E-state index in [-0.39, 0.29) is 0 Å². The maximum atomic E-state index is 5.49. The maximum Gasteiger partial charge on any atom is 0.146 e. The normalized spacial score (nSPS) is 15.2. The number of nitrogens with zero attached hydrogens (tertiary/aromatic N) is 1. The van der Waals surface area contributed by atoms with Crippen molar-refractivity contribution in [2.45, 2.75) is 12.8 Å². The van der Waals surface area contributed by atoms with E-state index in [1.807, 2.05) is 36.5 Å². The highest BCUT2D eigenvalue weighted by molar-refractivity contribution is 6.11. The van der Waals surface area contributed by atoms with Crippen LogP contribution >= 0.6 is 0 Å². The number of aromatic amines is 2. The van der Waals surface area contributed by atoms with Crippen molar-refractivity contribution in [3.8, 4) is 0 Å². The Balaban J connectivity index is 1.50. The van der Waals surface area contributed by atoms with Gasteiger partial charge in [0.2, 0.25) is 0 Å². The molecular weight excluding hydrogens is 322 g/mol. The second-order valence-corrected chi connectivity index (χ2v) is 6.25. The third-order valence-corrected chi connectivity index (χ3v) is 4.44. The second-order valence-electron chi connectivity index (χ2n) is 6.25. The van der Waals surface area contributed by atoms with Crippen LogP contribution in [0.5, 0.6) is 0 Å². The highest BCUT2D eigenvalue weighted by atomic mass is 16.5. The number of aliphatic imine (C=N–C) groups is 1. The zero-order valence-electron chi connectivity index (χ0n) is 14.7. The lowest BCUT2D eigenvalue weighted by molar-refractivity contribution is 0.303. The molecule has 2 aromatic heterocycles. The lowest BCUT2D eigenvalue weighted by atomic mass is 10.1. The summed E-state index contributed by atoms with van der Waals surface area (Å²) >= 11 is 0. The van der Waals surface area contributed by atoms with E-state index in [0.29, 0.717) is 0 Å². The predicted octanol–water partition coefficient (Wildman–Crippen LogP) is 4.50. The van der Waals surface area contributed by atoms with Gasteiger partial charge in [0, 0.05) is 23.7 Å². The molecule has 26 heavy (non-hydrogen) atoms. The number of rotatable bonds is 6. The molecule has 3 heterocycles. The number of H-pyrrole nitrogens is 2. The maximum absolute atomic E-state index is 5.49. The molecular formula is C22H21N3O. The number of allylic oxidation sites excluding steroid dienone is 1. The lowest BCUT2D eigenvalue weighted by Crippen LogP contribution is -1.93. The summed E-state index contributed by atoms with van der Waals surface area (Å²) in [6.45, 7) is 0. The molecule has 0 atom stereocenters. The summed E-state index contributed by atoms with van der Waals surface area (Å²) in [4.78, 5) is 11.3. The third kappa shape index (κ3) is 3.54. The molecule has 0 saturated carbocycles. The predicted molar refractivity (Wildman–Crippen MR) is 105 cm³/mol. The van der Waals surface area contributed by atoms with Crippen molar-refractivity contribution >= 4 is 11.8 Å². The Bertz CT molecular complexity index is 960. The van der Waals surface area contributed by atoms with Gasteiger partial charge >= 0.3 is 0 Å². The molecule has 4 rings (SSSR count). The molecule has 0 saturated heterocycles. The van der Waals surface area contributed by atoms with Gasteiger partial charge in [-0.3, -0.25) is 0 Å². The topological polar surface area (TPSA) is 53.2 Å². The van der Waals surface area contributed by atoms with Crippen LogP contribution in [0.4, 0.5) is 0 Å². The minimum Gasteiger partial charge on any atom is -0.494 e. The minimum absolute atomic E-state index is 0.773. The number of ether oxygens (including phenoxy) is 1. The number of aromatic nitrogens is 2. The number of nitrogens with one attached hydrogen (secondary N) is 2. The molecule has 0 radical (unpaired) electrons. The van der Waals surface area contributed by atoms with Crippen molar-refractivity contribution in [2.24, 2.45) is 4.99 Å². The molecule has 0 fully saturated rings. The zero-order valence-corrected chi connectivity index (χ0v) is 14.7. The van der Waals surface area contributed by atoms with Crippen LogP contribution in [0.25, 0.3) is 6.08 Å². The Hall–Kier alpha value is -3.27. The van der Waals surface area contributed by atoms with Gasteiger partial charge in [-0.05, 0) is 48.7 Å². The Morgan fingerprint density at radius 3 is 2.65 bits per heavy atom. The van der Waals surface area contributed by atoms with E-state index in [1.54, 1.807) is 7.11 Å². The van der Waals surface area contributed by atoms with Crippen LogP contribution in [0.2, 0.25) is 0 Å². The molecule has 4 nitrogen and oxygen atoms in total. The lowest BCUT2D eigenvalue weighted by Gasteiger charge is -2.01. The van der Waals surface area contributed by atoms with Gasteiger partial charge in [-0.15, -0.1) is 0 Å². The molecule has 3 aromatic rings. The first-order valence-corrected chi connectivity index (χ1v) is 8.74. The van der Waals surface area contributed by atoms with E-state index in [0.717, 1.165) is 41.4 Å². The molecule has 1 aliphatic rings. The fourth-order valence-corrected chi connectivity index (χ4v) is 3.07. The molecule has 2 N–H and O–H groups in total. The van der Waals surface area contributed by atoms with Crippen LogP contribution in [-0.2, 0) is 17.6 Å². The number of hydrogen-bond acceptors (Lipinski definition) is 2. The van der Waals surface area contributed by atoms with Gasteiger partial charge in [0.25, 0.3) is 0 Å². The van der Waals surface area contributed by atoms with Crippen molar-refractivity contribution in [3.05, 3.63) is 101 Å². The van der Waals surface area contributed by atoms with Crippen LogP contribution in [0, 0.1) is 0 Å². The first kappa shape index (κ1) is 16.2. The SMILES string of the molecule is COC1=CC(c2ccc[nH]2)=N/C1=C\c1ccc(CCc2ccccc2)[nH]1. The van der Waals surface area contributed by atoms with Gasteiger partial charge < -0.3 is 14.7 Å². The van der Waals surface area contributed by atoms with E-state index in [2.05, 4.69) is 51.4 Å². The summed E-state index contributed by atoms with van der Waals surface area (Å²) in [6.07, 6.45) is 7.88. The smallest absolute Gasteiger partial charge is 0.146 e. The molecule has 1 aliphatic heterocycles. The zero-order chi connectivity index (χ0) is 17.8. The minimum atomic E-state index is 0.773. The summed E-state index contributed by atoms with van der Waals surface area (Å²) in [5, 5.41) is 0. The first-order chi connectivity index (χ1) is 12.8. The summed E-state index contributed by atoms with van der Waals surface area (Å²) < 4.78 is 5.49. The van der Waals surface area contributed by atoms with E-state index in [1.165, 1.54) is 11.3 Å². The highest BCUT2D eigenvalue weighted by Crippen LogP contribution is 2.24. The number of aryl methyl sites for hydroxylation is 2. The Morgan fingerprint density at radius 2 is 1.88 bits per heavy atom. The highest BCUT2D eigenvalue weighted by Gasteiger charge is 2.17. The van der Waals surface area contributed by atoms with Crippen molar-refractivity contribution in [3.63, 3.8) is 0 Å². The molecule has 1 aromatic carbocycles. The van der Waals surface area contributed by atoms with Gasteiger partial charge in [-0.25, -0.2) is 4.99 Å². The van der Waals surface area contributed by atoms with E-state index in [4.69, 9.17) is 4.74 Å². The molecule has 0 aliphatic carbocycles. The summed E-state index contributed by atoms with van der Waals surface area (Å²) in [5.41, 5.74) is 6.29. The van der Waals surface area contributed by atoms with E-state index < -0.39 is 0 Å². The van der Waals surface area contributed by atoms with Crippen molar-refractivity contribution in [2.75, 3.05) is 7.11 Å². The van der Waals surface area contributed by atoms with Crippen molar-refractivity contribution in [1.29, 1.82) is 0 Å². The number of methoxy groups -OCH3 is 1. The first-order valence-electron chi connectivity index (χ1n) is 8.74. The number of benzene rings is 1. The summed E-state index contributed by atoms with van der Waals surface area (Å²) in [6, 6.07) is 18.7. The van der Waals surface area contributed by atoms with Gasteiger partial charge in [-0.1, -0.05) is 30.3 Å². The van der Waals surface area contributed by atoms with Gasteiger partial charge in [0.1, 0.15) is 11.5 Å². The second kappa shape index (κ2) is 7.31. The Kier molecular flexibility index (Phi) is 4.56. The van der Waals surface area contributed by atoms with Crippen LogP contribution in [0.3, 0.4) is 0 Å². The van der Waals surface area contributed by atoms with Crippen molar-refractivity contribution < 1.29 is 4.74 Å². The van der Waals surface area contributed by atoms with Gasteiger partial charge in [0.05, 0.1) is 18.5 Å². The van der Waals surface area contributed by atoms with Crippen LogP contribution in [0.15, 0.2) is 83.3 Å². The molecule has 4 heteroatoms. The quantitative estimate of drug-likeness (QED) is 0.680. The number of hydrogen-bond donors (Lipinski definition) is 2. The third-order valence-electron chi connectivity index (χ3n) is 4.44. The summed E-state index contributed by atoms with van der Waals surface area (Å²) in [5.74, 6) is 0.773. The molecule has 130 valence electrons. The van der Waals surface area contributed by atoms with Gasteiger partial charge in [0.15, 0.2) is 0 Å². The Morgan fingerprint density at radius 1 is 1.00 bits per heavy atom. The van der Waals surface area contributed by atoms with Crippen LogP contribution < -0.4 is 0 Å². The molecule has 0 unspecified atom stereocenters. The van der Waals surface area contributed by atoms with Crippen molar-refractivity contribution in [1.82, 2.24) is 9.97 Å². The van der Waals surface area contributed by atoms with Crippen LogP contribution in [0.1, 0.15) is 22.6 Å². The van der Waals surface area contributed by atoms with E-state index >= 15 is 0 Å². The monoisotopic (exact) mass is 343 g/mol. The summed E-state index contributed by atoms with van der Waals surface area (Å²) in [7, 11) is 1.67. The Labute approximate surface area is 153 Å². The molecule has 0 amide bonds.